The van der Waals surface area contributed by atoms with Crippen molar-refractivity contribution in [2.24, 2.45) is 17.8 Å². The number of unbranched alkanes of at least 4 members (excludes halogenated alkanes) is 1. The van der Waals surface area contributed by atoms with Gasteiger partial charge in [0.1, 0.15) is 23.3 Å². The van der Waals surface area contributed by atoms with Gasteiger partial charge in [0.05, 0.1) is 37.9 Å². The number of hydrogen-bond acceptors (Lipinski definition) is 7. The van der Waals surface area contributed by atoms with Gasteiger partial charge in [-0.3, -0.25) is 14.4 Å². The average molecular weight is 583 g/mol. The largest absolute Gasteiger partial charge is 0.497 e. The van der Waals surface area contributed by atoms with E-state index in [9.17, 15) is 19.5 Å². The first-order valence-electron chi connectivity index (χ1n) is 15.1. The van der Waals surface area contributed by atoms with Gasteiger partial charge in [0.15, 0.2) is 0 Å². The van der Waals surface area contributed by atoms with E-state index in [2.05, 4.69) is 13.2 Å². The summed E-state index contributed by atoms with van der Waals surface area (Å²) in [6.45, 7) is 13.7. The van der Waals surface area contributed by atoms with Gasteiger partial charge in [0.25, 0.3) is 5.91 Å². The minimum absolute atomic E-state index is 0.152. The van der Waals surface area contributed by atoms with Crippen LogP contribution in [0, 0.1) is 17.8 Å². The summed E-state index contributed by atoms with van der Waals surface area (Å²) < 4.78 is 17.9. The maximum absolute atomic E-state index is 14.8. The van der Waals surface area contributed by atoms with Crippen molar-refractivity contribution in [1.82, 2.24) is 4.90 Å². The fourth-order valence-corrected chi connectivity index (χ4v) is 7.36. The normalized spacial score (nSPS) is 28.5. The maximum atomic E-state index is 14.8. The molecule has 2 amide bonds. The molecule has 42 heavy (non-hydrogen) atoms. The number of aliphatic hydroxyl groups excluding tert-OH is 1. The molecule has 1 aromatic carbocycles. The zero-order valence-electron chi connectivity index (χ0n) is 25.4. The van der Waals surface area contributed by atoms with Crippen LogP contribution in [0.4, 0.5) is 5.69 Å². The molecule has 0 aromatic heterocycles. The minimum Gasteiger partial charge on any atom is -0.497 e. The van der Waals surface area contributed by atoms with Crippen LogP contribution in [0.2, 0.25) is 0 Å². The highest BCUT2D eigenvalue weighted by atomic mass is 16.6. The van der Waals surface area contributed by atoms with E-state index in [1.807, 2.05) is 20.8 Å². The number of ether oxygens (including phenoxy) is 3. The fourth-order valence-electron chi connectivity index (χ4n) is 7.36. The zero-order chi connectivity index (χ0) is 30.7. The minimum atomic E-state index is -1.22. The molecule has 230 valence electrons. The number of aliphatic hydroxyl groups is 1. The number of anilines is 1. The molecule has 9 nitrogen and oxygen atoms in total. The van der Waals surface area contributed by atoms with Gasteiger partial charge in [0.2, 0.25) is 5.91 Å². The highest BCUT2D eigenvalue weighted by Gasteiger charge is 2.79. The van der Waals surface area contributed by atoms with Crippen molar-refractivity contribution in [3.63, 3.8) is 0 Å². The molecule has 6 atom stereocenters. The number of carbonyl (C=O) groups excluding carboxylic acids is 3. The van der Waals surface area contributed by atoms with Crippen molar-refractivity contribution in [1.29, 1.82) is 0 Å². The highest BCUT2D eigenvalue weighted by molar-refractivity contribution is 6.05. The summed E-state index contributed by atoms with van der Waals surface area (Å²) in [4.78, 5) is 46.1. The second-order valence-electron chi connectivity index (χ2n) is 12.1. The van der Waals surface area contributed by atoms with E-state index in [1.54, 1.807) is 48.4 Å². The lowest BCUT2D eigenvalue weighted by Gasteiger charge is -2.40. The van der Waals surface area contributed by atoms with Gasteiger partial charge in [-0.05, 0) is 68.7 Å². The molecule has 3 aliphatic rings. The summed E-state index contributed by atoms with van der Waals surface area (Å²) in [5, 5.41) is 10.5. The standard InChI is InChI=1S/C33H46N2O7/c1-7-10-11-19-41-31(39)27-26-29(37)35(24(21-36)20-22(4)5)28(33(26)17-16-32(27,9-3)42-33)30(38)34(18-8-2)23-12-14-25(40-6)15-13-23/h7-8,12-15,22,24,26-28,36H,1-2,9-11,16-21H2,3-6H3/t24-,26+,27-,28?,32+,33?/m1/s1. The molecule has 3 fully saturated rings. The van der Waals surface area contributed by atoms with Crippen molar-refractivity contribution in [3.8, 4) is 5.75 Å². The SMILES string of the molecule is C=CCCCOC(=O)[C@H]1[C@H]2C(=O)N([C@@H](CO)CC(C)C)C(C(=O)N(CC=C)c3ccc(OC)cc3)C23CC[C@]1(CC)O3. The Kier molecular flexibility index (Phi) is 9.83. The smallest absolute Gasteiger partial charge is 0.312 e. The van der Waals surface area contributed by atoms with Crippen LogP contribution in [0.3, 0.4) is 0 Å². The monoisotopic (exact) mass is 582 g/mol. The molecule has 2 bridgehead atoms. The molecule has 9 heteroatoms. The number of rotatable bonds is 15. The fraction of sp³-hybridized carbons (Fsp3) is 0.606. The Labute approximate surface area is 249 Å². The van der Waals surface area contributed by atoms with Crippen LogP contribution >= 0.6 is 0 Å². The van der Waals surface area contributed by atoms with Gasteiger partial charge < -0.3 is 29.1 Å². The van der Waals surface area contributed by atoms with Crippen LogP contribution in [-0.2, 0) is 23.9 Å². The number of nitrogens with zero attached hydrogens (tertiary/aromatic N) is 2. The van der Waals surface area contributed by atoms with Gasteiger partial charge in [-0.25, -0.2) is 0 Å². The highest BCUT2D eigenvalue weighted by Crippen LogP contribution is 2.65. The summed E-state index contributed by atoms with van der Waals surface area (Å²) in [7, 11) is 1.57. The first-order chi connectivity index (χ1) is 20.1. The van der Waals surface area contributed by atoms with Gasteiger partial charge in [-0.1, -0.05) is 32.9 Å². The van der Waals surface area contributed by atoms with E-state index < -0.39 is 41.1 Å². The van der Waals surface area contributed by atoms with Crippen molar-refractivity contribution < 1.29 is 33.7 Å². The molecule has 2 unspecified atom stereocenters. The molecule has 1 N–H and O–H groups in total. The Balaban J connectivity index is 1.81. The molecule has 0 aliphatic carbocycles. The van der Waals surface area contributed by atoms with Gasteiger partial charge in [-0.15, -0.1) is 13.2 Å². The Bertz CT molecular complexity index is 1170. The maximum Gasteiger partial charge on any atom is 0.312 e. The molecule has 0 saturated carbocycles. The number of amides is 2. The van der Waals surface area contributed by atoms with Crippen molar-refractivity contribution in [2.75, 3.05) is 31.8 Å². The predicted molar refractivity (Wildman–Crippen MR) is 160 cm³/mol. The van der Waals surface area contributed by atoms with Crippen LogP contribution in [0.1, 0.15) is 59.3 Å². The molecule has 3 saturated heterocycles. The summed E-state index contributed by atoms with van der Waals surface area (Å²) in [5.41, 5.74) is -1.49. The van der Waals surface area contributed by atoms with Gasteiger partial charge >= 0.3 is 5.97 Å². The quantitative estimate of drug-likeness (QED) is 0.187. The third kappa shape index (κ3) is 5.37. The molecule has 3 heterocycles. The molecular formula is C33H46N2O7. The Hall–Kier alpha value is -3.17. The number of esters is 1. The number of methoxy groups -OCH3 is 1. The van der Waals surface area contributed by atoms with Crippen molar-refractivity contribution >= 4 is 23.5 Å². The number of fused-ring (bicyclic) bond motifs is 1. The third-order valence-corrected chi connectivity index (χ3v) is 9.21. The van der Waals surface area contributed by atoms with E-state index >= 15 is 0 Å². The lowest BCUT2D eigenvalue weighted by molar-refractivity contribution is -0.162. The summed E-state index contributed by atoms with van der Waals surface area (Å²) in [5.74, 6) is -2.03. The zero-order valence-corrected chi connectivity index (χ0v) is 25.4. The van der Waals surface area contributed by atoms with Gasteiger partial charge in [-0.2, -0.15) is 0 Å². The van der Waals surface area contributed by atoms with E-state index in [1.165, 1.54) is 4.90 Å². The topological polar surface area (TPSA) is 106 Å². The molecular weight excluding hydrogens is 536 g/mol. The van der Waals surface area contributed by atoms with E-state index in [-0.39, 0.29) is 37.5 Å². The number of likely N-dealkylation sites (tertiary alicyclic amines) is 1. The van der Waals surface area contributed by atoms with Crippen LogP contribution in [0.25, 0.3) is 0 Å². The van der Waals surface area contributed by atoms with E-state index in [0.717, 1.165) is 0 Å². The van der Waals surface area contributed by atoms with E-state index in [0.29, 0.717) is 50.0 Å². The van der Waals surface area contributed by atoms with Crippen molar-refractivity contribution in [2.45, 2.75) is 82.6 Å². The van der Waals surface area contributed by atoms with Crippen LogP contribution < -0.4 is 9.64 Å². The van der Waals surface area contributed by atoms with Gasteiger partial charge in [0, 0.05) is 12.2 Å². The number of hydrogen-bond donors (Lipinski definition) is 1. The van der Waals surface area contributed by atoms with Crippen LogP contribution in [0.5, 0.6) is 5.75 Å². The summed E-state index contributed by atoms with van der Waals surface area (Å²) >= 11 is 0. The lowest BCUT2D eigenvalue weighted by atomic mass is 9.65. The van der Waals surface area contributed by atoms with E-state index in [4.69, 9.17) is 14.2 Å². The first-order valence-corrected chi connectivity index (χ1v) is 15.1. The first kappa shape index (κ1) is 31.8. The summed E-state index contributed by atoms with van der Waals surface area (Å²) in [6, 6.07) is 5.48. The second-order valence-corrected chi connectivity index (χ2v) is 12.1. The Morgan fingerprint density at radius 2 is 1.93 bits per heavy atom. The van der Waals surface area contributed by atoms with Crippen molar-refractivity contribution in [3.05, 3.63) is 49.6 Å². The number of benzene rings is 1. The molecule has 3 aliphatic heterocycles. The summed E-state index contributed by atoms with van der Waals surface area (Å²) in [6.07, 6.45) is 6.75. The number of carbonyl (C=O) groups is 3. The predicted octanol–water partition coefficient (Wildman–Crippen LogP) is 4.29. The second kappa shape index (κ2) is 13.0. The van der Waals surface area contributed by atoms with Crippen LogP contribution in [-0.4, -0.2) is 77.9 Å². The van der Waals surface area contributed by atoms with Crippen LogP contribution in [0.15, 0.2) is 49.6 Å². The molecule has 1 aromatic rings. The number of allylic oxidation sites excluding steroid dienone is 1. The molecule has 4 rings (SSSR count). The average Bonchev–Trinajstić information content (AvgIpc) is 3.60. The third-order valence-electron chi connectivity index (χ3n) is 9.21. The Morgan fingerprint density at radius 1 is 1.21 bits per heavy atom. The molecule has 0 radical (unpaired) electrons. The Morgan fingerprint density at radius 3 is 2.50 bits per heavy atom. The lowest BCUT2D eigenvalue weighted by Crippen LogP contribution is -2.59. The molecule has 1 spiro atoms.